The number of nitrogens with zero attached hydrogens (tertiary/aromatic N) is 1. The number of hydrogen-bond acceptors (Lipinski definition) is 2. The SMILES string of the molecule is CC(C)(C)CN(CCCN)CC(C)(C)C. The Kier molecular flexibility index (Phi) is 5.82. The van der Waals surface area contributed by atoms with Crippen LogP contribution in [0.5, 0.6) is 0 Å². The zero-order chi connectivity index (χ0) is 12.1. The second-order valence-electron chi connectivity index (χ2n) is 6.97. The molecule has 15 heavy (non-hydrogen) atoms. The van der Waals surface area contributed by atoms with Crippen LogP contribution in [-0.2, 0) is 0 Å². The summed E-state index contributed by atoms with van der Waals surface area (Å²) in [5.41, 5.74) is 6.33. The summed E-state index contributed by atoms with van der Waals surface area (Å²) in [5, 5.41) is 0. The molecule has 0 amide bonds. The summed E-state index contributed by atoms with van der Waals surface area (Å²) in [6.45, 7) is 18.0. The standard InChI is InChI=1S/C13H30N2/c1-12(2,3)10-15(9-7-8-14)11-13(4,5)6/h7-11,14H2,1-6H3. The van der Waals surface area contributed by atoms with Gasteiger partial charge in [0, 0.05) is 13.1 Å². The van der Waals surface area contributed by atoms with Gasteiger partial charge in [-0.3, -0.25) is 0 Å². The van der Waals surface area contributed by atoms with E-state index < -0.39 is 0 Å². The third-order valence-corrected chi connectivity index (χ3v) is 2.07. The zero-order valence-corrected chi connectivity index (χ0v) is 11.6. The summed E-state index contributed by atoms with van der Waals surface area (Å²) >= 11 is 0. The molecule has 92 valence electrons. The summed E-state index contributed by atoms with van der Waals surface area (Å²) in [5.74, 6) is 0. The molecule has 0 aliphatic carbocycles. The Morgan fingerprint density at radius 1 is 0.867 bits per heavy atom. The van der Waals surface area contributed by atoms with Crippen LogP contribution >= 0.6 is 0 Å². The van der Waals surface area contributed by atoms with Crippen LogP contribution in [0.3, 0.4) is 0 Å². The van der Waals surface area contributed by atoms with E-state index in [-0.39, 0.29) is 0 Å². The molecule has 0 saturated heterocycles. The highest BCUT2D eigenvalue weighted by Crippen LogP contribution is 2.20. The minimum Gasteiger partial charge on any atom is -0.330 e. The first-order valence-electron chi connectivity index (χ1n) is 6.06. The Labute approximate surface area is 96.2 Å². The van der Waals surface area contributed by atoms with E-state index in [1.54, 1.807) is 0 Å². The normalized spacial score (nSPS) is 13.6. The first kappa shape index (κ1) is 14.9. The lowest BCUT2D eigenvalue weighted by Crippen LogP contribution is -2.39. The van der Waals surface area contributed by atoms with Crippen LogP contribution in [-0.4, -0.2) is 31.1 Å². The monoisotopic (exact) mass is 214 g/mol. The van der Waals surface area contributed by atoms with Gasteiger partial charge in [-0.15, -0.1) is 0 Å². The van der Waals surface area contributed by atoms with E-state index in [0.29, 0.717) is 10.8 Å². The molecule has 0 radical (unpaired) electrons. The summed E-state index contributed by atoms with van der Waals surface area (Å²) in [4.78, 5) is 2.55. The van der Waals surface area contributed by atoms with Crippen molar-refractivity contribution in [2.75, 3.05) is 26.2 Å². The van der Waals surface area contributed by atoms with Gasteiger partial charge in [-0.2, -0.15) is 0 Å². The third kappa shape index (κ3) is 10.2. The van der Waals surface area contributed by atoms with E-state index in [1.165, 1.54) is 0 Å². The Balaban J connectivity index is 4.19. The topological polar surface area (TPSA) is 29.3 Å². The van der Waals surface area contributed by atoms with Crippen molar-refractivity contribution in [3.8, 4) is 0 Å². The third-order valence-electron chi connectivity index (χ3n) is 2.07. The molecule has 0 fully saturated rings. The fourth-order valence-electron chi connectivity index (χ4n) is 1.87. The highest BCUT2D eigenvalue weighted by atomic mass is 15.1. The van der Waals surface area contributed by atoms with Crippen molar-refractivity contribution in [2.45, 2.75) is 48.0 Å². The Morgan fingerprint density at radius 2 is 1.27 bits per heavy atom. The molecule has 0 unspecified atom stereocenters. The smallest absolute Gasteiger partial charge is 0.00303 e. The van der Waals surface area contributed by atoms with E-state index in [1.807, 2.05) is 0 Å². The predicted octanol–water partition coefficient (Wildman–Crippen LogP) is 2.73. The molecule has 0 aliphatic rings. The molecule has 0 rings (SSSR count). The average molecular weight is 214 g/mol. The van der Waals surface area contributed by atoms with Gasteiger partial charge in [0.1, 0.15) is 0 Å². The van der Waals surface area contributed by atoms with Crippen molar-refractivity contribution in [2.24, 2.45) is 16.6 Å². The molecule has 0 bridgehead atoms. The highest BCUT2D eigenvalue weighted by molar-refractivity contribution is 4.74. The molecule has 0 spiro atoms. The second-order valence-corrected chi connectivity index (χ2v) is 6.97. The van der Waals surface area contributed by atoms with Crippen molar-refractivity contribution in [1.29, 1.82) is 0 Å². The van der Waals surface area contributed by atoms with Crippen molar-refractivity contribution in [3.63, 3.8) is 0 Å². The Bertz CT molecular complexity index is 146. The molecular weight excluding hydrogens is 184 g/mol. The quantitative estimate of drug-likeness (QED) is 0.762. The zero-order valence-electron chi connectivity index (χ0n) is 11.6. The molecule has 0 aromatic rings. The van der Waals surface area contributed by atoms with Crippen LogP contribution in [0.2, 0.25) is 0 Å². The Morgan fingerprint density at radius 3 is 1.53 bits per heavy atom. The van der Waals surface area contributed by atoms with Crippen LogP contribution in [0, 0.1) is 10.8 Å². The molecule has 2 N–H and O–H groups in total. The van der Waals surface area contributed by atoms with Gasteiger partial charge in [-0.1, -0.05) is 41.5 Å². The maximum absolute atomic E-state index is 5.58. The summed E-state index contributed by atoms with van der Waals surface area (Å²) in [7, 11) is 0. The molecule has 2 nitrogen and oxygen atoms in total. The van der Waals surface area contributed by atoms with Crippen molar-refractivity contribution in [1.82, 2.24) is 4.90 Å². The molecule has 0 saturated carbocycles. The number of hydrogen-bond donors (Lipinski definition) is 1. The van der Waals surface area contributed by atoms with E-state index in [9.17, 15) is 0 Å². The van der Waals surface area contributed by atoms with Gasteiger partial charge in [0.15, 0.2) is 0 Å². The van der Waals surface area contributed by atoms with E-state index >= 15 is 0 Å². The fraction of sp³-hybridized carbons (Fsp3) is 1.00. The molecule has 0 aromatic heterocycles. The van der Waals surface area contributed by atoms with Crippen molar-refractivity contribution in [3.05, 3.63) is 0 Å². The van der Waals surface area contributed by atoms with Crippen LogP contribution in [0.4, 0.5) is 0 Å². The van der Waals surface area contributed by atoms with Gasteiger partial charge in [-0.05, 0) is 30.3 Å². The summed E-state index contributed by atoms with van der Waals surface area (Å²) in [6.07, 6.45) is 1.10. The molecule has 0 aromatic carbocycles. The van der Waals surface area contributed by atoms with E-state index in [0.717, 1.165) is 32.6 Å². The second kappa shape index (κ2) is 5.86. The minimum absolute atomic E-state index is 0.375. The Hall–Kier alpha value is -0.0800. The van der Waals surface area contributed by atoms with Gasteiger partial charge >= 0.3 is 0 Å². The summed E-state index contributed by atoms with van der Waals surface area (Å²) in [6, 6.07) is 0. The first-order valence-corrected chi connectivity index (χ1v) is 6.06. The maximum Gasteiger partial charge on any atom is 0.00303 e. The lowest BCUT2D eigenvalue weighted by atomic mass is 9.92. The molecular formula is C13H30N2. The van der Waals surface area contributed by atoms with E-state index in [2.05, 4.69) is 46.4 Å². The van der Waals surface area contributed by atoms with E-state index in [4.69, 9.17) is 5.73 Å². The lowest BCUT2D eigenvalue weighted by molar-refractivity contribution is 0.140. The van der Waals surface area contributed by atoms with Crippen molar-refractivity contribution >= 4 is 0 Å². The van der Waals surface area contributed by atoms with Crippen molar-refractivity contribution < 1.29 is 0 Å². The summed E-state index contributed by atoms with van der Waals surface area (Å²) < 4.78 is 0. The van der Waals surface area contributed by atoms with Crippen LogP contribution < -0.4 is 5.73 Å². The minimum atomic E-state index is 0.375. The van der Waals surface area contributed by atoms with Crippen LogP contribution in [0.25, 0.3) is 0 Å². The van der Waals surface area contributed by atoms with Crippen LogP contribution in [0.1, 0.15) is 48.0 Å². The molecule has 0 aliphatic heterocycles. The van der Waals surface area contributed by atoms with Crippen LogP contribution in [0.15, 0.2) is 0 Å². The molecule has 0 atom stereocenters. The van der Waals surface area contributed by atoms with Gasteiger partial charge in [-0.25, -0.2) is 0 Å². The molecule has 2 heteroatoms. The maximum atomic E-state index is 5.58. The first-order chi connectivity index (χ1) is 6.64. The van der Waals surface area contributed by atoms with Gasteiger partial charge in [0.05, 0.1) is 0 Å². The van der Waals surface area contributed by atoms with Gasteiger partial charge in [0.2, 0.25) is 0 Å². The molecule has 0 heterocycles. The average Bonchev–Trinajstić information content (AvgIpc) is 1.94. The lowest BCUT2D eigenvalue weighted by Gasteiger charge is -2.34. The number of rotatable bonds is 5. The van der Waals surface area contributed by atoms with Gasteiger partial charge in [0.25, 0.3) is 0 Å². The fourth-order valence-corrected chi connectivity index (χ4v) is 1.87. The number of nitrogens with two attached hydrogens (primary N) is 1. The predicted molar refractivity (Wildman–Crippen MR) is 69.0 cm³/mol. The highest BCUT2D eigenvalue weighted by Gasteiger charge is 2.20. The largest absolute Gasteiger partial charge is 0.330 e. The van der Waals surface area contributed by atoms with Gasteiger partial charge < -0.3 is 10.6 Å².